The predicted molar refractivity (Wildman–Crippen MR) is 99.0 cm³/mol. The molecule has 1 fully saturated rings. The number of rotatable bonds is 6. The molecule has 1 aromatic carbocycles. The van der Waals surface area contributed by atoms with Crippen LogP contribution < -0.4 is 5.32 Å². The minimum absolute atomic E-state index is 0.103. The Labute approximate surface area is 152 Å². The molecule has 5 nitrogen and oxygen atoms in total. The number of thiophene rings is 1. The summed E-state index contributed by atoms with van der Waals surface area (Å²) < 4.78 is 26.9. The number of amides is 1. The van der Waals surface area contributed by atoms with Gasteiger partial charge in [-0.25, -0.2) is 8.42 Å². The number of hydrogen-bond acceptors (Lipinski definition) is 4. The van der Waals surface area contributed by atoms with Crippen molar-refractivity contribution in [1.82, 2.24) is 9.62 Å². The zero-order valence-electron chi connectivity index (χ0n) is 14.2. The molecule has 0 radical (unpaired) electrons. The molecule has 0 aliphatic carbocycles. The summed E-state index contributed by atoms with van der Waals surface area (Å²) in [7, 11) is -3.39. The molecule has 0 atom stereocenters. The summed E-state index contributed by atoms with van der Waals surface area (Å²) in [5, 5.41) is 2.89. The van der Waals surface area contributed by atoms with E-state index < -0.39 is 10.0 Å². The fourth-order valence-electron chi connectivity index (χ4n) is 2.89. The highest BCUT2D eigenvalue weighted by atomic mass is 32.2. The number of carbonyl (C=O) groups excluding carboxylic acids is 1. The van der Waals surface area contributed by atoms with Crippen molar-refractivity contribution in [2.75, 3.05) is 13.1 Å². The molecule has 1 aliphatic heterocycles. The number of nitrogens with one attached hydrogen (secondary N) is 1. The average Bonchev–Trinajstić information content (AvgIpc) is 3.25. The second kappa shape index (κ2) is 7.68. The minimum Gasteiger partial charge on any atom is -0.352 e. The highest BCUT2D eigenvalue weighted by Gasteiger charge is 2.28. The Balaban J connectivity index is 1.58. The normalized spacial score (nSPS) is 15.4. The maximum absolute atomic E-state index is 12.5. The summed E-state index contributed by atoms with van der Waals surface area (Å²) in [6.45, 7) is 3.67. The molecule has 1 amide bonds. The zero-order valence-corrected chi connectivity index (χ0v) is 15.8. The smallest absolute Gasteiger partial charge is 0.252 e. The van der Waals surface area contributed by atoms with Gasteiger partial charge in [0.05, 0.1) is 6.42 Å². The average molecular weight is 379 g/mol. The van der Waals surface area contributed by atoms with Crippen molar-refractivity contribution in [2.45, 2.75) is 36.9 Å². The molecular formula is C18H22N2O3S2. The molecular weight excluding hydrogens is 356 g/mol. The van der Waals surface area contributed by atoms with E-state index in [9.17, 15) is 13.2 Å². The summed E-state index contributed by atoms with van der Waals surface area (Å²) >= 11 is 1.19. The van der Waals surface area contributed by atoms with Gasteiger partial charge in [-0.05, 0) is 37.5 Å². The van der Waals surface area contributed by atoms with Crippen molar-refractivity contribution >= 4 is 27.3 Å². The quantitative estimate of drug-likeness (QED) is 0.840. The van der Waals surface area contributed by atoms with Crippen LogP contribution >= 0.6 is 11.3 Å². The molecule has 0 spiro atoms. The first-order valence-electron chi connectivity index (χ1n) is 8.36. The zero-order chi connectivity index (χ0) is 17.9. The maximum Gasteiger partial charge on any atom is 0.252 e. The highest BCUT2D eigenvalue weighted by Crippen LogP contribution is 2.27. The van der Waals surface area contributed by atoms with Gasteiger partial charge in [0.15, 0.2) is 0 Å². The molecule has 0 unspecified atom stereocenters. The SMILES string of the molecule is Cc1cccc(CNC(=O)Cc2ccc(S(=O)(=O)N3CCCC3)s2)c1. The van der Waals surface area contributed by atoms with E-state index in [1.807, 2.05) is 31.2 Å². The molecule has 25 heavy (non-hydrogen) atoms. The van der Waals surface area contributed by atoms with Crippen molar-refractivity contribution < 1.29 is 13.2 Å². The second-order valence-corrected chi connectivity index (χ2v) is 9.61. The Morgan fingerprint density at radius 1 is 1.20 bits per heavy atom. The number of aryl methyl sites for hydroxylation is 1. The third kappa shape index (κ3) is 4.48. The Hall–Kier alpha value is -1.70. The lowest BCUT2D eigenvalue weighted by atomic mass is 10.1. The van der Waals surface area contributed by atoms with E-state index in [0.29, 0.717) is 23.8 Å². The molecule has 1 aromatic heterocycles. The first kappa shape index (κ1) is 18.1. The van der Waals surface area contributed by atoms with E-state index in [1.165, 1.54) is 15.6 Å². The van der Waals surface area contributed by atoms with Crippen LogP contribution in [0.25, 0.3) is 0 Å². The minimum atomic E-state index is -3.39. The summed E-state index contributed by atoms with van der Waals surface area (Å²) in [4.78, 5) is 12.9. The lowest BCUT2D eigenvalue weighted by Crippen LogP contribution is -2.27. The maximum atomic E-state index is 12.5. The molecule has 1 saturated heterocycles. The van der Waals surface area contributed by atoms with Crippen LogP contribution in [0.5, 0.6) is 0 Å². The van der Waals surface area contributed by atoms with Crippen molar-refractivity contribution in [3.8, 4) is 0 Å². The first-order chi connectivity index (χ1) is 11.9. The summed E-state index contributed by atoms with van der Waals surface area (Å²) in [5.41, 5.74) is 2.21. The highest BCUT2D eigenvalue weighted by molar-refractivity contribution is 7.91. The molecule has 2 aromatic rings. The fourth-order valence-corrected chi connectivity index (χ4v) is 5.92. The van der Waals surface area contributed by atoms with Crippen LogP contribution in [0.4, 0.5) is 0 Å². The van der Waals surface area contributed by atoms with Crippen molar-refractivity contribution in [3.63, 3.8) is 0 Å². The lowest BCUT2D eigenvalue weighted by Gasteiger charge is -2.13. The lowest BCUT2D eigenvalue weighted by molar-refractivity contribution is -0.120. The topological polar surface area (TPSA) is 66.5 Å². The van der Waals surface area contributed by atoms with Gasteiger partial charge in [-0.3, -0.25) is 4.79 Å². The van der Waals surface area contributed by atoms with Gasteiger partial charge >= 0.3 is 0 Å². The first-order valence-corrected chi connectivity index (χ1v) is 10.6. The van der Waals surface area contributed by atoms with Crippen molar-refractivity contribution in [1.29, 1.82) is 0 Å². The van der Waals surface area contributed by atoms with Gasteiger partial charge in [0.25, 0.3) is 10.0 Å². The van der Waals surface area contributed by atoms with Crippen LogP contribution in [0.2, 0.25) is 0 Å². The Bertz CT molecular complexity index is 853. The van der Waals surface area contributed by atoms with Gasteiger partial charge in [-0.1, -0.05) is 29.8 Å². The number of benzene rings is 1. The molecule has 7 heteroatoms. The second-order valence-electron chi connectivity index (χ2n) is 6.27. The van der Waals surface area contributed by atoms with E-state index >= 15 is 0 Å². The Morgan fingerprint density at radius 3 is 2.68 bits per heavy atom. The van der Waals surface area contributed by atoms with E-state index in [0.717, 1.165) is 28.8 Å². The van der Waals surface area contributed by atoms with Crippen molar-refractivity contribution in [2.24, 2.45) is 0 Å². The third-order valence-electron chi connectivity index (χ3n) is 4.20. The van der Waals surface area contributed by atoms with Gasteiger partial charge in [-0.15, -0.1) is 11.3 Å². The van der Waals surface area contributed by atoms with Gasteiger partial charge in [-0.2, -0.15) is 4.31 Å². The molecule has 2 heterocycles. The van der Waals surface area contributed by atoms with Gasteiger partial charge in [0, 0.05) is 24.5 Å². The van der Waals surface area contributed by atoms with Crippen LogP contribution in [-0.2, 0) is 27.8 Å². The largest absolute Gasteiger partial charge is 0.352 e. The predicted octanol–water partition coefficient (Wildman–Crippen LogP) is 2.70. The van der Waals surface area contributed by atoms with Crippen molar-refractivity contribution in [3.05, 3.63) is 52.4 Å². The van der Waals surface area contributed by atoms with Crippen LogP contribution in [0.1, 0.15) is 28.8 Å². The summed E-state index contributed by atoms with van der Waals surface area (Å²) in [6.07, 6.45) is 2.03. The fraction of sp³-hybridized carbons (Fsp3) is 0.389. The van der Waals surface area contributed by atoms with Gasteiger partial charge < -0.3 is 5.32 Å². The van der Waals surface area contributed by atoms with Crippen LogP contribution in [0, 0.1) is 6.92 Å². The number of carbonyl (C=O) groups is 1. The summed E-state index contributed by atoms with van der Waals surface area (Å²) in [5.74, 6) is -0.103. The van der Waals surface area contributed by atoms with E-state index in [2.05, 4.69) is 5.32 Å². The van der Waals surface area contributed by atoms with E-state index in [-0.39, 0.29) is 12.3 Å². The monoisotopic (exact) mass is 378 g/mol. The van der Waals surface area contributed by atoms with E-state index in [4.69, 9.17) is 0 Å². The van der Waals surface area contributed by atoms with E-state index in [1.54, 1.807) is 12.1 Å². The number of hydrogen-bond donors (Lipinski definition) is 1. The molecule has 0 saturated carbocycles. The van der Waals surface area contributed by atoms with Crippen LogP contribution in [0.3, 0.4) is 0 Å². The Kier molecular flexibility index (Phi) is 5.56. The van der Waals surface area contributed by atoms with Gasteiger partial charge in [0.2, 0.25) is 5.91 Å². The molecule has 0 bridgehead atoms. The third-order valence-corrected chi connectivity index (χ3v) is 7.65. The molecule has 134 valence electrons. The standard InChI is InChI=1S/C18H22N2O3S2/c1-14-5-4-6-15(11-14)13-19-17(21)12-16-7-8-18(24-16)25(22,23)20-9-2-3-10-20/h4-8,11H,2-3,9-10,12-13H2,1H3,(H,19,21). The number of sulfonamides is 1. The van der Waals surface area contributed by atoms with Crippen LogP contribution in [0.15, 0.2) is 40.6 Å². The Morgan fingerprint density at radius 2 is 1.96 bits per heavy atom. The molecule has 1 aliphatic rings. The number of nitrogens with zero attached hydrogens (tertiary/aromatic N) is 1. The van der Waals surface area contributed by atoms with Crippen LogP contribution in [-0.4, -0.2) is 31.7 Å². The summed E-state index contributed by atoms with van der Waals surface area (Å²) in [6, 6.07) is 11.3. The molecule has 3 rings (SSSR count). The van der Waals surface area contributed by atoms with Gasteiger partial charge in [0.1, 0.15) is 4.21 Å². The molecule has 1 N–H and O–H groups in total.